The average Bonchev–Trinajstić information content (AvgIpc) is 2.64. The topological polar surface area (TPSA) is 66.8 Å². The van der Waals surface area contributed by atoms with Gasteiger partial charge in [-0.25, -0.2) is 4.79 Å². The monoisotopic (exact) mass is 241 g/mol. The van der Waals surface area contributed by atoms with Gasteiger partial charge >= 0.3 is 12.1 Å². The minimum atomic E-state index is -0.784. The summed E-state index contributed by atoms with van der Waals surface area (Å²) in [4.78, 5) is 24.2. The second kappa shape index (κ2) is 3.89. The molecule has 0 spiro atoms. The van der Waals surface area contributed by atoms with Gasteiger partial charge in [-0.3, -0.25) is 4.79 Å². The highest BCUT2D eigenvalue weighted by Crippen LogP contribution is 2.52. The van der Waals surface area contributed by atoms with E-state index < -0.39 is 11.6 Å². The fourth-order valence-corrected chi connectivity index (χ4v) is 2.72. The van der Waals surface area contributed by atoms with E-state index in [4.69, 9.17) is 9.84 Å². The van der Waals surface area contributed by atoms with Crippen LogP contribution in [-0.4, -0.2) is 40.3 Å². The van der Waals surface area contributed by atoms with Gasteiger partial charge in [0.15, 0.2) is 0 Å². The van der Waals surface area contributed by atoms with Crippen molar-refractivity contribution >= 4 is 12.1 Å². The van der Waals surface area contributed by atoms with E-state index >= 15 is 0 Å². The molecule has 0 radical (unpaired) electrons. The van der Waals surface area contributed by atoms with E-state index in [-0.39, 0.29) is 24.5 Å². The largest absolute Gasteiger partial charge is 0.481 e. The Morgan fingerprint density at radius 2 is 2.06 bits per heavy atom. The van der Waals surface area contributed by atoms with Crippen LogP contribution in [-0.2, 0) is 9.53 Å². The summed E-state index contributed by atoms with van der Waals surface area (Å²) in [5.74, 6) is -0.277. The number of fused-ring (bicyclic) bond motifs is 1. The number of hydrogen-bond acceptors (Lipinski definition) is 3. The van der Waals surface area contributed by atoms with Crippen LogP contribution in [0.2, 0.25) is 0 Å². The maximum Gasteiger partial charge on any atom is 0.410 e. The van der Waals surface area contributed by atoms with Gasteiger partial charge in [-0.15, -0.1) is 0 Å². The number of ether oxygens (including phenoxy) is 1. The number of carboxylic acids is 1. The predicted octanol–water partition coefficient (Wildman–Crippen LogP) is 1.72. The third kappa shape index (κ3) is 2.53. The van der Waals surface area contributed by atoms with Gasteiger partial charge in [-0.2, -0.15) is 0 Å². The smallest absolute Gasteiger partial charge is 0.410 e. The lowest BCUT2D eigenvalue weighted by molar-refractivity contribution is -0.137. The van der Waals surface area contributed by atoms with Crippen molar-refractivity contribution in [3.8, 4) is 0 Å². The van der Waals surface area contributed by atoms with Crippen LogP contribution in [0.4, 0.5) is 4.79 Å². The zero-order valence-electron chi connectivity index (χ0n) is 10.5. The molecule has 1 heterocycles. The lowest BCUT2D eigenvalue weighted by Gasteiger charge is -2.26. The summed E-state index contributed by atoms with van der Waals surface area (Å²) in [6.45, 7) is 6.20. The van der Waals surface area contributed by atoms with E-state index in [1.165, 1.54) is 0 Å². The van der Waals surface area contributed by atoms with Crippen LogP contribution >= 0.6 is 0 Å². The highest BCUT2D eigenvalue weighted by Gasteiger charge is 2.59. The molecule has 1 saturated carbocycles. The minimum Gasteiger partial charge on any atom is -0.481 e. The summed E-state index contributed by atoms with van der Waals surface area (Å²) >= 11 is 0. The Hall–Kier alpha value is -1.26. The molecular weight excluding hydrogens is 222 g/mol. The molecule has 3 atom stereocenters. The number of carbonyl (C=O) groups is 2. The Bertz CT molecular complexity index is 347. The molecule has 0 aromatic carbocycles. The van der Waals surface area contributed by atoms with Crippen LogP contribution in [0.1, 0.15) is 33.6 Å². The Labute approximate surface area is 101 Å². The zero-order valence-corrected chi connectivity index (χ0v) is 10.5. The van der Waals surface area contributed by atoms with Crippen molar-refractivity contribution in [2.45, 2.75) is 45.3 Å². The molecule has 1 amide bonds. The van der Waals surface area contributed by atoms with Crippen molar-refractivity contribution in [2.24, 2.45) is 11.8 Å². The van der Waals surface area contributed by atoms with Crippen LogP contribution in [0, 0.1) is 11.8 Å². The van der Waals surface area contributed by atoms with E-state index in [2.05, 4.69) is 0 Å². The number of likely N-dealkylation sites (tertiary alicyclic amines) is 1. The highest BCUT2D eigenvalue weighted by atomic mass is 16.6. The number of rotatable bonds is 2. The predicted molar refractivity (Wildman–Crippen MR) is 60.6 cm³/mol. The summed E-state index contributed by atoms with van der Waals surface area (Å²) in [5.41, 5.74) is -0.494. The van der Waals surface area contributed by atoms with Gasteiger partial charge in [0.1, 0.15) is 5.60 Å². The molecule has 0 aromatic rings. The van der Waals surface area contributed by atoms with Gasteiger partial charge in [0.25, 0.3) is 0 Å². The maximum absolute atomic E-state index is 11.9. The third-order valence-corrected chi connectivity index (χ3v) is 3.39. The van der Waals surface area contributed by atoms with Gasteiger partial charge < -0.3 is 14.7 Å². The van der Waals surface area contributed by atoms with Crippen molar-refractivity contribution in [1.82, 2.24) is 4.90 Å². The molecule has 1 unspecified atom stereocenters. The molecule has 2 aliphatic rings. The molecule has 2 fully saturated rings. The van der Waals surface area contributed by atoms with Crippen LogP contribution in [0.5, 0.6) is 0 Å². The summed E-state index contributed by atoms with van der Waals surface area (Å²) in [5, 5.41) is 8.76. The number of piperidine rings is 1. The van der Waals surface area contributed by atoms with Gasteiger partial charge in [0, 0.05) is 12.6 Å². The molecule has 1 aliphatic heterocycles. The molecule has 0 bridgehead atoms. The number of carboxylic acid groups (broad SMARTS) is 1. The Morgan fingerprint density at radius 1 is 1.41 bits per heavy atom. The summed E-state index contributed by atoms with van der Waals surface area (Å²) < 4.78 is 5.31. The Balaban J connectivity index is 1.92. The molecule has 17 heavy (non-hydrogen) atoms. The second-order valence-electron chi connectivity index (χ2n) is 5.88. The minimum absolute atomic E-state index is 0.0981. The van der Waals surface area contributed by atoms with Gasteiger partial charge in [0.2, 0.25) is 0 Å². The first-order valence-electron chi connectivity index (χ1n) is 6.01. The van der Waals surface area contributed by atoms with Crippen LogP contribution in [0.25, 0.3) is 0 Å². The van der Waals surface area contributed by atoms with E-state index in [1.807, 2.05) is 20.8 Å². The summed E-state index contributed by atoms with van der Waals surface area (Å²) in [6.07, 6.45) is 0.758. The van der Waals surface area contributed by atoms with Gasteiger partial charge in [0.05, 0.1) is 6.42 Å². The van der Waals surface area contributed by atoms with E-state index in [0.29, 0.717) is 12.5 Å². The van der Waals surface area contributed by atoms with Crippen LogP contribution in [0.3, 0.4) is 0 Å². The van der Waals surface area contributed by atoms with E-state index in [1.54, 1.807) is 4.90 Å². The molecule has 96 valence electrons. The highest BCUT2D eigenvalue weighted by molar-refractivity contribution is 5.71. The average molecular weight is 241 g/mol. The number of carbonyl (C=O) groups excluding carboxylic acids is 1. The molecule has 1 aliphatic carbocycles. The first-order valence-corrected chi connectivity index (χ1v) is 6.01. The van der Waals surface area contributed by atoms with Crippen molar-refractivity contribution in [2.75, 3.05) is 6.54 Å². The maximum atomic E-state index is 11.9. The van der Waals surface area contributed by atoms with Gasteiger partial charge in [-0.1, -0.05) is 0 Å². The molecule has 2 rings (SSSR count). The summed E-state index contributed by atoms with van der Waals surface area (Å²) in [7, 11) is 0. The van der Waals surface area contributed by atoms with E-state index in [9.17, 15) is 9.59 Å². The summed E-state index contributed by atoms with van der Waals surface area (Å²) in [6, 6.07) is 0.0981. The third-order valence-electron chi connectivity index (χ3n) is 3.39. The lowest BCUT2D eigenvalue weighted by Crippen LogP contribution is -2.37. The van der Waals surface area contributed by atoms with Crippen LogP contribution < -0.4 is 0 Å². The number of aliphatic carboxylic acids is 1. The number of nitrogens with zero attached hydrogens (tertiary/aromatic N) is 1. The Kier molecular flexibility index (Phi) is 2.79. The van der Waals surface area contributed by atoms with Crippen molar-refractivity contribution in [1.29, 1.82) is 0 Å². The van der Waals surface area contributed by atoms with Crippen molar-refractivity contribution in [3.63, 3.8) is 0 Å². The van der Waals surface area contributed by atoms with E-state index in [0.717, 1.165) is 6.42 Å². The first-order chi connectivity index (χ1) is 7.79. The van der Waals surface area contributed by atoms with Crippen molar-refractivity contribution < 1.29 is 19.4 Å². The molecule has 0 aromatic heterocycles. The second-order valence-corrected chi connectivity index (χ2v) is 5.88. The standard InChI is InChI=1S/C12H19NO4/c1-12(2,3)17-11(16)13-5-4-7-8(10(7)13)6-9(14)15/h7-8,10H,4-6H2,1-3H3,(H,14,15)/t7-,8?,10-/m1/s1. The number of amides is 1. The SMILES string of the molecule is CC(C)(C)OC(=O)N1CC[C@@H]2C(CC(=O)O)[C@@H]21. The fraction of sp³-hybridized carbons (Fsp3) is 0.833. The quantitative estimate of drug-likeness (QED) is 0.799. The normalized spacial score (nSPS) is 31.0. The lowest BCUT2D eigenvalue weighted by atomic mass is 10.2. The van der Waals surface area contributed by atoms with Gasteiger partial charge in [-0.05, 0) is 39.0 Å². The Morgan fingerprint density at radius 3 is 2.59 bits per heavy atom. The molecule has 5 heteroatoms. The van der Waals surface area contributed by atoms with Crippen LogP contribution in [0.15, 0.2) is 0 Å². The molecule has 5 nitrogen and oxygen atoms in total. The molecule has 1 N–H and O–H groups in total. The molecular formula is C12H19NO4. The van der Waals surface area contributed by atoms with Crippen molar-refractivity contribution in [3.05, 3.63) is 0 Å². The zero-order chi connectivity index (χ0) is 12.8. The fourth-order valence-electron chi connectivity index (χ4n) is 2.72. The first kappa shape index (κ1) is 12.2. The number of hydrogen-bond donors (Lipinski definition) is 1. The molecule has 1 saturated heterocycles.